The molecule has 0 bridgehead atoms. The molecule has 0 aliphatic carbocycles. The molecule has 0 spiro atoms. The molecule has 2 aromatic carbocycles. The van der Waals surface area contributed by atoms with E-state index in [1.165, 1.54) is 6.08 Å². The van der Waals surface area contributed by atoms with Gasteiger partial charge in [0.25, 0.3) is 5.91 Å². The Balaban J connectivity index is 1.58. The van der Waals surface area contributed by atoms with Crippen LogP contribution < -0.4 is 14.4 Å². The van der Waals surface area contributed by atoms with Gasteiger partial charge >= 0.3 is 5.97 Å². The number of benzene rings is 2. The van der Waals surface area contributed by atoms with Crippen LogP contribution in [0.1, 0.15) is 25.0 Å². The molecule has 1 aliphatic rings. The molecular formula is C23H25NO5. The lowest BCUT2D eigenvalue weighted by Gasteiger charge is -2.22. The second kappa shape index (κ2) is 9.28. The monoisotopic (exact) mass is 395 g/mol. The maximum Gasteiger partial charge on any atom is 0.331 e. The van der Waals surface area contributed by atoms with Gasteiger partial charge in [0.05, 0.1) is 13.7 Å². The van der Waals surface area contributed by atoms with Gasteiger partial charge in [0.15, 0.2) is 18.1 Å². The third-order valence-electron chi connectivity index (χ3n) is 4.71. The highest BCUT2D eigenvalue weighted by molar-refractivity contribution is 5.98. The first kappa shape index (κ1) is 20.5. The van der Waals surface area contributed by atoms with Crippen molar-refractivity contribution in [2.45, 2.75) is 26.3 Å². The van der Waals surface area contributed by atoms with Crippen LogP contribution in [0.15, 0.2) is 48.5 Å². The first-order valence-electron chi connectivity index (χ1n) is 9.59. The lowest BCUT2D eigenvalue weighted by Crippen LogP contribution is -2.38. The van der Waals surface area contributed by atoms with Gasteiger partial charge in [-0.3, -0.25) is 4.79 Å². The molecule has 0 fully saturated rings. The molecule has 2 aromatic rings. The largest absolute Gasteiger partial charge is 0.493 e. The van der Waals surface area contributed by atoms with Gasteiger partial charge in [0, 0.05) is 17.8 Å². The Kier molecular flexibility index (Phi) is 6.54. The highest BCUT2D eigenvalue weighted by Crippen LogP contribution is 2.32. The standard InChI is InChI=1S/C23H25NO5/c1-4-28-20-11-9-17(14-21(20)27-3)10-12-23(26)29-15-22(25)24-16(2)13-18-7-5-6-8-19(18)24/h5-12,14,16H,4,13,15H2,1-3H3/b12-10+/t16-/m0/s1. The number of hydrogen-bond donors (Lipinski definition) is 0. The van der Waals surface area contributed by atoms with E-state index in [0.717, 1.165) is 23.2 Å². The summed E-state index contributed by atoms with van der Waals surface area (Å²) in [6.45, 7) is 4.12. The summed E-state index contributed by atoms with van der Waals surface area (Å²) in [7, 11) is 1.56. The van der Waals surface area contributed by atoms with Crippen molar-refractivity contribution in [3.8, 4) is 11.5 Å². The zero-order valence-corrected chi connectivity index (χ0v) is 16.9. The highest BCUT2D eigenvalue weighted by Gasteiger charge is 2.30. The molecule has 6 heteroatoms. The fourth-order valence-corrected chi connectivity index (χ4v) is 3.42. The molecule has 29 heavy (non-hydrogen) atoms. The number of rotatable bonds is 7. The van der Waals surface area contributed by atoms with Crippen LogP contribution in [0.2, 0.25) is 0 Å². The predicted molar refractivity (Wildman–Crippen MR) is 111 cm³/mol. The number of amides is 1. The number of anilines is 1. The third kappa shape index (κ3) is 4.77. The normalized spacial score (nSPS) is 15.3. The summed E-state index contributed by atoms with van der Waals surface area (Å²) in [6.07, 6.45) is 3.71. The Hall–Kier alpha value is -3.28. The predicted octanol–water partition coefficient (Wildman–Crippen LogP) is 3.63. The van der Waals surface area contributed by atoms with Crippen LogP contribution in [-0.2, 0) is 20.7 Å². The van der Waals surface area contributed by atoms with Crippen molar-refractivity contribution in [3.05, 3.63) is 59.7 Å². The topological polar surface area (TPSA) is 65.1 Å². The molecule has 0 saturated heterocycles. The zero-order chi connectivity index (χ0) is 20.8. The molecule has 1 aliphatic heterocycles. The minimum atomic E-state index is -0.577. The van der Waals surface area contributed by atoms with E-state index in [2.05, 4.69) is 0 Å². The molecule has 0 unspecified atom stereocenters. The Bertz CT molecular complexity index is 921. The lowest BCUT2D eigenvalue weighted by atomic mass is 10.1. The Morgan fingerprint density at radius 1 is 1.17 bits per heavy atom. The summed E-state index contributed by atoms with van der Waals surface area (Å²) in [6, 6.07) is 13.2. The molecule has 0 aromatic heterocycles. The third-order valence-corrected chi connectivity index (χ3v) is 4.71. The van der Waals surface area contributed by atoms with E-state index >= 15 is 0 Å². The van der Waals surface area contributed by atoms with Crippen LogP contribution in [0.25, 0.3) is 6.08 Å². The van der Waals surface area contributed by atoms with Crippen molar-refractivity contribution in [3.63, 3.8) is 0 Å². The van der Waals surface area contributed by atoms with Gasteiger partial charge in [-0.25, -0.2) is 4.79 Å². The smallest absolute Gasteiger partial charge is 0.331 e. The number of carbonyl (C=O) groups is 2. The highest BCUT2D eigenvalue weighted by atomic mass is 16.5. The summed E-state index contributed by atoms with van der Waals surface area (Å²) < 4.78 is 15.9. The van der Waals surface area contributed by atoms with E-state index in [1.807, 2.05) is 44.2 Å². The van der Waals surface area contributed by atoms with Gasteiger partial charge < -0.3 is 19.1 Å². The summed E-state index contributed by atoms with van der Waals surface area (Å²) in [5.41, 5.74) is 2.78. The number of para-hydroxylation sites is 1. The lowest BCUT2D eigenvalue weighted by molar-refractivity contribution is -0.143. The summed E-state index contributed by atoms with van der Waals surface area (Å²) in [4.78, 5) is 26.3. The molecule has 6 nitrogen and oxygen atoms in total. The minimum Gasteiger partial charge on any atom is -0.493 e. The van der Waals surface area contributed by atoms with Gasteiger partial charge in [0.2, 0.25) is 0 Å². The van der Waals surface area contributed by atoms with Crippen molar-refractivity contribution in [2.24, 2.45) is 0 Å². The molecule has 0 radical (unpaired) electrons. The van der Waals surface area contributed by atoms with Crippen LogP contribution in [0.5, 0.6) is 11.5 Å². The van der Waals surface area contributed by atoms with E-state index in [4.69, 9.17) is 14.2 Å². The fraction of sp³-hybridized carbons (Fsp3) is 0.304. The zero-order valence-electron chi connectivity index (χ0n) is 16.9. The van der Waals surface area contributed by atoms with E-state index in [0.29, 0.717) is 18.1 Å². The number of nitrogens with zero attached hydrogens (tertiary/aromatic N) is 1. The van der Waals surface area contributed by atoms with E-state index < -0.39 is 5.97 Å². The van der Waals surface area contributed by atoms with Gasteiger partial charge in [-0.2, -0.15) is 0 Å². The number of fused-ring (bicyclic) bond motifs is 1. The van der Waals surface area contributed by atoms with Crippen LogP contribution in [0.4, 0.5) is 5.69 Å². The van der Waals surface area contributed by atoms with Crippen LogP contribution in [-0.4, -0.2) is 38.2 Å². The molecule has 1 amide bonds. The Morgan fingerprint density at radius 2 is 1.97 bits per heavy atom. The fourth-order valence-electron chi connectivity index (χ4n) is 3.42. The van der Waals surface area contributed by atoms with Gasteiger partial charge in [-0.05, 0) is 55.7 Å². The summed E-state index contributed by atoms with van der Waals surface area (Å²) >= 11 is 0. The van der Waals surface area contributed by atoms with Crippen molar-refractivity contribution < 1.29 is 23.8 Å². The number of esters is 1. The van der Waals surface area contributed by atoms with Crippen molar-refractivity contribution >= 4 is 23.6 Å². The molecule has 1 heterocycles. The first-order valence-corrected chi connectivity index (χ1v) is 9.59. The minimum absolute atomic E-state index is 0.0467. The molecule has 0 N–H and O–H groups in total. The van der Waals surface area contributed by atoms with Crippen LogP contribution in [0, 0.1) is 0 Å². The molecule has 3 rings (SSSR count). The quantitative estimate of drug-likeness (QED) is 0.529. The molecule has 0 saturated carbocycles. The number of carbonyl (C=O) groups excluding carboxylic acids is 2. The average molecular weight is 395 g/mol. The Labute approximate surface area is 170 Å². The summed E-state index contributed by atoms with van der Waals surface area (Å²) in [5.74, 6) is 0.415. The van der Waals surface area contributed by atoms with Gasteiger partial charge in [-0.15, -0.1) is 0 Å². The van der Waals surface area contributed by atoms with Gasteiger partial charge in [0.1, 0.15) is 0 Å². The second-order valence-electron chi connectivity index (χ2n) is 6.73. The maximum atomic E-state index is 12.6. The van der Waals surface area contributed by atoms with E-state index in [9.17, 15) is 9.59 Å². The number of ether oxygens (including phenoxy) is 3. The SMILES string of the molecule is CCOc1ccc(/C=C/C(=O)OCC(=O)N2c3ccccc3C[C@@H]2C)cc1OC. The maximum absolute atomic E-state index is 12.6. The molecule has 1 atom stereocenters. The number of methoxy groups -OCH3 is 1. The first-order chi connectivity index (χ1) is 14.0. The molecular weight excluding hydrogens is 370 g/mol. The summed E-state index contributed by atoms with van der Waals surface area (Å²) in [5, 5.41) is 0. The van der Waals surface area contributed by atoms with Gasteiger partial charge in [-0.1, -0.05) is 24.3 Å². The molecule has 152 valence electrons. The number of hydrogen-bond acceptors (Lipinski definition) is 5. The van der Waals surface area contributed by atoms with Crippen molar-refractivity contribution in [1.29, 1.82) is 0 Å². The van der Waals surface area contributed by atoms with Crippen LogP contribution >= 0.6 is 0 Å². The van der Waals surface area contributed by atoms with Crippen LogP contribution in [0.3, 0.4) is 0 Å². The van der Waals surface area contributed by atoms with Crippen molar-refractivity contribution in [1.82, 2.24) is 0 Å². The van der Waals surface area contributed by atoms with E-state index in [-0.39, 0.29) is 18.6 Å². The second-order valence-corrected chi connectivity index (χ2v) is 6.73. The van der Waals surface area contributed by atoms with E-state index in [1.54, 1.807) is 30.2 Å². The van der Waals surface area contributed by atoms with Crippen molar-refractivity contribution in [2.75, 3.05) is 25.2 Å². The Morgan fingerprint density at radius 3 is 2.72 bits per heavy atom. The average Bonchev–Trinajstić information content (AvgIpc) is 3.07.